The first-order valence-corrected chi connectivity index (χ1v) is 8.10. The van der Waals surface area contributed by atoms with Crippen LogP contribution >= 0.6 is 0 Å². The van der Waals surface area contributed by atoms with Crippen LogP contribution < -0.4 is 5.73 Å². The molecular formula is C19H25NO. The molecule has 1 fully saturated rings. The fourth-order valence-corrected chi connectivity index (χ4v) is 3.36. The highest BCUT2D eigenvalue weighted by Gasteiger charge is 2.26. The Balaban J connectivity index is 1.64. The van der Waals surface area contributed by atoms with Gasteiger partial charge in [-0.15, -0.1) is 0 Å². The van der Waals surface area contributed by atoms with Gasteiger partial charge in [0.1, 0.15) is 0 Å². The third kappa shape index (κ3) is 3.63. The van der Waals surface area contributed by atoms with Gasteiger partial charge < -0.3 is 10.5 Å². The monoisotopic (exact) mass is 283 g/mol. The van der Waals surface area contributed by atoms with E-state index in [2.05, 4.69) is 42.5 Å². The smallest absolute Gasteiger partial charge is 0.0723 e. The highest BCUT2D eigenvalue weighted by molar-refractivity contribution is 5.85. The average molecular weight is 283 g/mol. The molecule has 0 unspecified atom stereocenters. The lowest BCUT2D eigenvalue weighted by molar-refractivity contribution is 0.0673. The Kier molecular flexibility index (Phi) is 4.57. The van der Waals surface area contributed by atoms with Gasteiger partial charge in [0, 0.05) is 5.54 Å². The summed E-state index contributed by atoms with van der Waals surface area (Å²) in [6, 6.07) is 14.9. The third-order valence-corrected chi connectivity index (χ3v) is 4.63. The molecule has 2 N–H and O–H groups in total. The topological polar surface area (TPSA) is 35.2 Å². The summed E-state index contributed by atoms with van der Waals surface area (Å²) in [4.78, 5) is 0. The first kappa shape index (κ1) is 14.6. The molecule has 2 nitrogen and oxygen atoms in total. The van der Waals surface area contributed by atoms with Gasteiger partial charge in [0.25, 0.3) is 0 Å². The average Bonchev–Trinajstić information content (AvgIpc) is 2.73. The second-order valence-electron chi connectivity index (χ2n) is 6.41. The minimum absolute atomic E-state index is 0.110. The van der Waals surface area contributed by atoms with E-state index in [1.807, 2.05) is 0 Å². The number of fused-ring (bicyclic) bond motifs is 1. The summed E-state index contributed by atoms with van der Waals surface area (Å²) in [6.07, 6.45) is 7.33. The molecule has 3 rings (SSSR count). The van der Waals surface area contributed by atoms with Crippen molar-refractivity contribution in [3.63, 3.8) is 0 Å². The Morgan fingerprint density at radius 1 is 0.905 bits per heavy atom. The Labute approximate surface area is 127 Å². The minimum Gasteiger partial charge on any atom is -0.375 e. The number of hydrogen-bond donors (Lipinski definition) is 1. The molecule has 2 heteroatoms. The van der Waals surface area contributed by atoms with E-state index in [0.717, 1.165) is 12.8 Å². The molecule has 0 radical (unpaired) electrons. The molecule has 0 saturated heterocycles. The summed E-state index contributed by atoms with van der Waals surface area (Å²) >= 11 is 0. The quantitative estimate of drug-likeness (QED) is 0.844. The van der Waals surface area contributed by atoms with E-state index in [0.29, 0.717) is 13.2 Å². The van der Waals surface area contributed by atoms with Crippen molar-refractivity contribution in [1.82, 2.24) is 0 Å². The van der Waals surface area contributed by atoms with Crippen LogP contribution in [0.3, 0.4) is 0 Å². The minimum atomic E-state index is -0.110. The van der Waals surface area contributed by atoms with E-state index < -0.39 is 0 Å². The highest BCUT2D eigenvalue weighted by atomic mass is 16.5. The summed E-state index contributed by atoms with van der Waals surface area (Å²) in [5, 5.41) is 2.56. The number of rotatable bonds is 4. The zero-order valence-corrected chi connectivity index (χ0v) is 12.7. The Morgan fingerprint density at radius 3 is 2.43 bits per heavy atom. The third-order valence-electron chi connectivity index (χ3n) is 4.63. The maximum absolute atomic E-state index is 6.51. The molecule has 1 saturated carbocycles. The van der Waals surface area contributed by atoms with Crippen LogP contribution in [0.25, 0.3) is 10.8 Å². The molecule has 0 heterocycles. The van der Waals surface area contributed by atoms with Gasteiger partial charge in [-0.25, -0.2) is 0 Å². The molecule has 2 aromatic rings. The molecule has 0 atom stereocenters. The maximum Gasteiger partial charge on any atom is 0.0723 e. The first-order chi connectivity index (χ1) is 10.3. The van der Waals surface area contributed by atoms with Crippen LogP contribution in [0, 0.1) is 0 Å². The van der Waals surface area contributed by atoms with E-state index in [9.17, 15) is 0 Å². The Bertz CT molecular complexity index is 580. The van der Waals surface area contributed by atoms with Gasteiger partial charge in [-0.3, -0.25) is 0 Å². The molecule has 0 bridgehead atoms. The van der Waals surface area contributed by atoms with Crippen LogP contribution in [0.4, 0.5) is 0 Å². The van der Waals surface area contributed by atoms with Crippen LogP contribution in [0.2, 0.25) is 0 Å². The Morgan fingerprint density at radius 2 is 1.62 bits per heavy atom. The molecule has 0 aromatic heterocycles. The number of benzene rings is 2. The van der Waals surface area contributed by atoms with Crippen LogP contribution in [-0.4, -0.2) is 12.1 Å². The van der Waals surface area contributed by atoms with Gasteiger partial charge in [-0.1, -0.05) is 68.1 Å². The predicted molar refractivity (Wildman–Crippen MR) is 88.2 cm³/mol. The van der Waals surface area contributed by atoms with Crippen molar-refractivity contribution in [3.05, 3.63) is 48.0 Å². The van der Waals surface area contributed by atoms with E-state index >= 15 is 0 Å². The number of hydrogen-bond acceptors (Lipinski definition) is 2. The molecule has 21 heavy (non-hydrogen) atoms. The van der Waals surface area contributed by atoms with Gasteiger partial charge in [-0.05, 0) is 29.2 Å². The van der Waals surface area contributed by atoms with Crippen LogP contribution in [0.15, 0.2) is 42.5 Å². The van der Waals surface area contributed by atoms with Crippen molar-refractivity contribution in [2.24, 2.45) is 5.73 Å². The van der Waals surface area contributed by atoms with Crippen molar-refractivity contribution in [2.75, 3.05) is 6.61 Å². The lowest BCUT2D eigenvalue weighted by Crippen LogP contribution is -2.43. The Hall–Kier alpha value is -1.38. The molecule has 1 aliphatic carbocycles. The van der Waals surface area contributed by atoms with E-state index in [1.54, 1.807) is 0 Å². The van der Waals surface area contributed by atoms with Crippen molar-refractivity contribution in [2.45, 2.75) is 50.7 Å². The van der Waals surface area contributed by atoms with E-state index in [4.69, 9.17) is 10.5 Å². The van der Waals surface area contributed by atoms with Crippen LogP contribution in [-0.2, 0) is 11.3 Å². The fourth-order valence-electron chi connectivity index (χ4n) is 3.36. The van der Waals surface area contributed by atoms with Gasteiger partial charge in [-0.2, -0.15) is 0 Å². The number of nitrogens with two attached hydrogens (primary N) is 1. The fraction of sp³-hybridized carbons (Fsp3) is 0.474. The SMILES string of the molecule is NC1(COCc2cccc3ccccc23)CCCCCC1. The largest absolute Gasteiger partial charge is 0.375 e. The summed E-state index contributed by atoms with van der Waals surface area (Å²) in [5.41, 5.74) is 7.66. The lowest BCUT2D eigenvalue weighted by atomic mass is 9.92. The second-order valence-corrected chi connectivity index (χ2v) is 6.41. The summed E-state index contributed by atoms with van der Waals surface area (Å²) in [7, 11) is 0. The van der Waals surface area contributed by atoms with Crippen LogP contribution in [0.1, 0.15) is 44.1 Å². The van der Waals surface area contributed by atoms with Crippen LogP contribution in [0.5, 0.6) is 0 Å². The molecular weight excluding hydrogens is 258 g/mol. The van der Waals surface area contributed by atoms with Gasteiger partial charge in [0.15, 0.2) is 0 Å². The maximum atomic E-state index is 6.51. The normalized spacial score (nSPS) is 18.5. The van der Waals surface area contributed by atoms with Crippen molar-refractivity contribution < 1.29 is 4.74 Å². The van der Waals surface area contributed by atoms with E-state index in [-0.39, 0.29) is 5.54 Å². The second kappa shape index (κ2) is 6.59. The van der Waals surface area contributed by atoms with Gasteiger partial charge >= 0.3 is 0 Å². The summed E-state index contributed by atoms with van der Waals surface area (Å²) in [6.45, 7) is 1.33. The van der Waals surface area contributed by atoms with Crippen molar-refractivity contribution in [1.29, 1.82) is 0 Å². The highest BCUT2D eigenvalue weighted by Crippen LogP contribution is 2.26. The summed E-state index contributed by atoms with van der Waals surface area (Å²) < 4.78 is 6.00. The standard InChI is InChI=1S/C19H25NO/c20-19(12-5-1-2-6-13-19)15-21-14-17-10-7-9-16-8-3-4-11-18(16)17/h3-4,7-11H,1-2,5-6,12-15,20H2. The molecule has 2 aromatic carbocycles. The summed E-state index contributed by atoms with van der Waals surface area (Å²) in [5.74, 6) is 0. The molecule has 0 aliphatic heterocycles. The first-order valence-electron chi connectivity index (χ1n) is 8.10. The molecule has 0 spiro atoms. The molecule has 0 amide bonds. The zero-order chi connectivity index (χ0) is 14.5. The number of ether oxygens (including phenoxy) is 1. The van der Waals surface area contributed by atoms with Gasteiger partial charge in [0.2, 0.25) is 0 Å². The van der Waals surface area contributed by atoms with Crippen molar-refractivity contribution >= 4 is 10.8 Å². The zero-order valence-electron chi connectivity index (χ0n) is 12.7. The van der Waals surface area contributed by atoms with Gasteiger partial charge in [0.05, 0.1) is 13.2 Å². The molecule has 1 aliphatic rings. The van der Waals surface area contributed by atoms with E-state index in [1.165, 1.54) is 42.0 Å². The predicted octanol–water partition coefficient (Wildman–Crippen LogP) is 4.41. The molecule has 112 valence electrons. The lowest BCUT2D eigenvalue weighted by Gasteiger charge is -2.27. The van der Waals surface area contributed by atoms with Crippen molar-refractivity contribution in [3.8, 4) is 0 Å².